The van der Waals surface area contributed by atoms with Crippen molar-refractivity contribution >= 4 is 28.9 Å². The molecule has 0 spiro atoms. The van der Waals surface area contributed by atoms with Crippen LogP contribution in [0.1, 0.15) is 26.7 Å². The van der Waals surface area contributed by atoms with E-state index in [1.807, 2.05) is 6.92 Å². The third kappa shape index (κ3) is 4.44. The van der Waals surface area contributed by atoms with E-state index in [0.29, 0.717) is 6.54 Å². The second kappa shape index (κ2) is 8.16. The summed E-state index contributed by atoms with van der Waals surface area (Å²) in [6.07, 6.45) is 0.581. The number of hydrogen-bond acceptors (Lipinski definition) is 2. The lowest BCUT2D eigenvalue weighted by Crippen LogP contribution is -2.49. The minimum absolute atomic E-state index is 0.128. The Labute approximate surface area is 134 Å². The number of rotatable bonds is 8. The van der Waals surface area contributed by atoms with Crippen molar-refractivity contribution in [2.45, 2.75) is 32.9 Å². The third-order valence-corrected chi connectivity index (χ3v) is 4.72. The van der Waals surface area contributed by atoms with E-state index in [1.54, 1.807) is 6.92 Å². The summed E-state index contributed by atoms with van der Waals surface area (Å²) >= 11 is 11.8. The van der Waals surface area contributed by atoms with Gasteiger partial charge in [-0.25, -0.2) is 8.78 Å². The normalized spacial score (nSPS) is 13.3. The third-order valence-electron chi connectivity index (χ3n) is 3.50. The topological polar surface area (TPSA) is 23.5 Å². The van der Waals surface area contributed by atoms with Crippen LogP contribution in [0.2, 0.25) is 0 Å². The summed E-state index contributed by atoms with van der Waals surface area (Å²) in [5.74, 6) is -1.11. The average Bonchev–Trinajstić information content (AvgIpc) is 2.48. The molecule has 0 bridgehead atoms. The Bertz CT molecular complexity index is 455. The molecule has 6 heteroatoms. The first-order chi connectivity index (χ1) is 9.89. The average molecular weight is 340 g/mol. The highest BCUT2D eigenvalue weighted by molar-refractivity contribution is 6.21. The number of nitrogens with zero attached hydrogens (tertiary/aromatic N) is 1. The molecule has 0 saturated carbocycles. The van der Waals surface area contributed by atoms with Gasteiger partial charge in [0.15, 0.2) is 0 Å². The maximum Gasteiger partial charge on any atom is 0.149 e. The lowest BCUT2D eigenvalue weighted by atomic mass is 9.92. The minimum Gasteiger partial charge on any atom is -0.373 e. The molecular weight excluding hydrogens is 319 g/mol. The summed E-state index contributed by atoms with van der Waals surface area (Å²) in [5.41, 5.74) is -0.642. The van der Waals surface area contributed by atoms with Crippen molar-refractivity contribution in [3.63, 3.8) is 0 Å². The predicted molar refractivity (Wildman–Crippen MR) is 84.2 cm³/mol. The Kier molecular flexibility index (Phi) is 7.17. The molecule has 0 fully saturated rings. The molecule has 1 N–H and O–H groups in total. The van der Waals surface area contributed by atoms with Gasteiger partial charge in [-0.2, -0.15) is 0 Å². The number of anilines is 1. The largest absolute Gasteiger partial charge is 0.373 e. The molecule has 0 amide bonds. The van der Waals surface area contributed by atoms with Crippen molar-refractivity contribution in [1.82, 2.24) is 0 Å². The van der Waals surface area contributed by atoms with Gasteiger partial charge in [0.1, 0.15) is 17.9 Å². The number of aliphatic hydroxyl groups excluding tert-OH is 1. The molecule has 21 heavy (non-hydrogen) atoms. The molecule has 2 nitrogen and oxygen atoms in total. The molecule has 1 rings (SSSR count). The molecule has 0 aliphatic rings. The van der Waals surface area contributed by atoms with E-state index in [-0.39, 0.29) is 17.4 Å². The molecule has 0 aliphatic carbocycles. The van der Waals surface area contributed by atoms with Crippen LogP contribution < -0.4 is 4.90 Å². The number of alkyl halides is 2. The van der Waals surface area contributed by atoms with Crippen LogP contribution in [0.25, 0.3) is 0 Å². The van der Waals surface area contributed by atoms with E-state index >= 15 is 0 Å². The first kappa shape index (κ1) is 18.5. The molecule has 0 aliphatic heterocycles. The summed E-state index contributed by atoms with van der Waals surface area (Å²) in [4.78, 5) is 1.50. The molecule has 1 atom stereocenters. The van der Waals surface area contributed by atoms with Crippen LogP contribution in [-0.4, -0.2) is 29.6 Å². The van der Waals surface area contributed by atoms with Gasteiger partial charge in [-0.1, -0.05) is 20.3 Å². The molecule has 1 aromatic carbocycles. The molecule has 120 valence electrons. The van der Waals surface area contributed by atoms with Crippen LogP contribution in [0.15, 0.2) is 18.2 Å². The maximum atomic E-state index is 14.0. The second-order valence-electron chi connectivity index (χ2n) is 5.44. The lowest BCUT2D eigenvalue weighted by molar-refractivity contribution is 0.0633. The predicted octanol–water partition coefficient (Wildman–Crippen LogP) is 4.37. The Balaban J connectivity index is 3.15. The first-order valence-corrected chi connectivity index (χ1v) is 7.98. The zero-order valence-electron chi connectivity index (χ0n) is 12.3. The Hall–Kier alpha value is -0.580. The number of hydrogen-bond donors (Lipinski definition) is 1. The van der Waals surface area contributed by atoms with Gasteiger partial charge in [0, 0.05) is 29.8 Å². The van der Waals surface area contributed by atoms with Crippen molar-refractivity contribution < 1.29 is 13.9 Å². The summed E-state index contributed by atoms with van der Waals surface area (Å²) in [5, 5.41) is 10.6. The van der Waals surface area contributed by atoms with Crippen LogP contribution in [0, 0.1) is 17.0 Å². The highest BCUT2D eigenvalue weighted by atomic mass is 35.5. The highest BCUT2D eigenvalue weighted by Crippen LogP contribution is 2.32. The zero-order valence-corrected chi connectivity index (χ0v) is 13.8. The number of halogens is 4. The second-order valence-corrected chi connectivity index (χ2v) is 5.97. The SMILES string of the molecule is CCCCN(c1ccc(F)cc1F)C(O)C(C)(CCl)CCl. The van der Waals surface area contributed by atoms with Gasteiger partial charge < -0.3 is 10.0 Å². The van der Waals surface area contributed by atoms with Gasteiger partial charge in [0.25, 0.3) is 0 Å². The monoisotopic (exact) mass is 339 g/mol. The van der Waals surface area contributed by atoms with Crippen LogP contribution in [-0.2, 0) is 0 Å². The molecule has 0 radical (unpaired) electrons. The zero-order chi connectivity index (χ0) is 16.0. The standard InChI is InChI=1S/C15H21Cl2F2NO/c1-3-4-7-20(14(21)15(2,9-16)10-17)13-6-5-11(18)8-12(13)19/h5-6,8,14,21H,3-4,7,9-10H2,1-2H3. The number of unbranched alkanes of at least 4 members (excludes halogenated alkanes) is 1. The summed E-state index contributed by atoms with van der Waals surface area (Å²) < 4.78 is 27.1. The van der Waals surface area contributed by atoms with Crippen molar-refractivity contribution in [3.8, 4) is 0 Å². The van der Waals surface area contributed by atoms with E-state index < -0.39 is 23.3 Å². The van der Waals surface area contributed by atoms with Gasteiger partial charge in [-0.15, -0.1) is 23.2 Å². The molecular formula is C15H21Cl2F2NO. The number of benzene rings is 1. The van der Waals surface area contributed by atoms with E-state index in [0.717, 1.165) is 18.9 Å². The Morgan fingerprint density at radius 1 is 1.29 bits per heavy atom. The van der Waals surface area contributed by atoms with E-state index in [1.165, 1.54) is 17.0 Å². The molecule has 0 aromatic heterocycles. The molecule has 1 unspecified atom stereocenters. The van der Waals surface area contributed by atoms with Crippen LogP contribution in [0.3, 0.4) is 0 Å². The van der Waals surface area contributed by atoms with Crippen LogP contribution in [0.4, 0.5) is 14.5 Å². The lowest BCUT2D eigenvalue weighted by Gasteiger charge is -2.40. The smallest absolute Gasteiger partial charge is 0.149 e. The highest BCUT2D eigenvalue weighted by Gasteiger charge is 2.36. The van der Waals surface area contributed by atoms with Crippen molar-refractivity contribution in [2.24, 2.45) is 5.41 Å². The van der Waals surface area contributed by atoms with Gasteiger partial charge in [0.2, 0.25) is 0 Å². The van der Waals surface area contributed by atoms with E-state index in [2.05, 4.69) is 0 Å². The van der Waals surface area contributed by atoms with Gasteiger partial charge in [0.05, 0.1) is 5.69 Å². The van der Waals surface area contributed by atoms with Crippen LogP contribution in [0.5, 0.6) is 0 Å². The maximum absolute atomic E-state index is 14.0. The van der Waals surface area contributed by atoms with Crippen molar-refractivity contribution in [3.05, 3.63) is 29.8 Å². The minimum atomic E-state index is -1.06. The fourth-order valence-corrected chi connectivity index (χ4v) is 2.53. The Morgan fingerprint density at radius 3 is 2.38 bits per heavy atom. The Morgan fingerprint density at radius 2 is 1.90 bits per heavy atom. The quantitative estimate of drug-likeness (QED) is 0.561. The summed E-state index contributed by atoms with van der Waals surface area (Å²) in [7, 11) is 0. The van der Waals surface area contributed by atoms with E-state index in [9.17, 15) is 13.9 Å². The molecule has 1 aromatic rings. The van der Waals surface area contributed by atoms with Crippen molar-refractivity contribution in [2.75, 3.05) is 23.2 Å². The van der Waals surface area contributed by atoms with Crippen LogP contribution >= 0.6 is 23.2 Å². The fourth-order valence-electron chi connectivity index (χ4n) is 1.97. The summed E-state index contributed by atoms with van der Waals surface area (Å²) in [6.45, 7) is 4.16. The van der Waals surface area contributed by atoms with Gasteiger partial charge >= 0.3 is 0 Å². The van der Waals surface area contributed by atoms with Gasteiger partial charge in [-0.3, -0.25) is 0 Å². The molecule has 0 saturated heterocycles. The fraction of sp³-hybridized carbons (Fsp3) is 0.600. The van der Waals surface area contributed by atoms with Crippen molar-refractivity contribution in [1.29, 1.82) is 0 Å². The number of aliphatic hydroxyl groups is 1. The summed E-state index contributed by atoms with van der Waals surface area (Å²) in [6, 6.07) is 3.30. The first-order valence-electron chi connectivity index (χ1n) is 6.91. The van der Waals surface area contributed by atoms with E-state index in [4.69, 9.17) is 23.2 Å². The van der Waals surface area contributed by atoms with Gasteiger partial charge in [-0.05, 0) is 18.6 Å². The molecule has 0 heterocycles.